The van der Waals surface area contributed by atoms with Gasteiger partial charge in [0.2, 0.25) is 0 Å². The third-order valence-corrected chi connectivity index (χ3v) is 3.56. The van der Waals surface area contributed by atoms with Crippen molar-refractivity contribution in [2.45, 2.75) is 39.3 Å². The molecular formula is C16H23N3O3. The SMILES string of the molecule is CC(C)CC(CN)NC(=O)c1cccc2c1OC(C)C(=O)N2. The third kappa shape index (κ3) is 3.57. The minimum atomic E-state index is -0.623. The van der Waals surface area contributed by atoms with E-state index in [2.05, 4.69) is 24.5 Å². The molecule has 6 nitrogen and oxygen atoms in total. The lowest BCUT2D eigenvalue weighted by atomic mass is 10.0. The fraction of sp³-hybridized carbons (Fsp3) is 0.500. The molecule has 0 saturated carbocycles. The van der Waals surface area contributed by atoms with Crippen molar-refractivity contribution in [3.63, 3.8) is 0 Å². The number of benzene rings is 1. The number of nitrogens with one attached hydrogen (secondary N) is 2. The van der Waals surface area contributed by atoms with Crippen LogP contribution < -0.4 is 21.1 Å². The summed E-state index contributed by atoms with van der Waals surface area (Å²) in [7, 11) is 0. The Morgan fingerprint density at radius 3 is 2.82 bits per heavy atom. The first kappa shape index (κ1) is 16.3. The molecule has 0 aliphatic carbocycles. The van der Waals surface area contributed by atoms with Gasteiger partial charge in [-0.05, 0) is 31.4 Å². The molecule has 2 amide bonds. The molecule has 0 bridgehead atoms. The molecule has 0 aromatic heterocycles. The Bertz CT molecular complexity index is 572. The number of carbonyl (C=O) groups is 2. The van der Waals surface area contributed by atoms with Crippen LogP contribution in [0.15, 0.2) is 18.2 Å². The number of anilines is 1. The predicted molar refractivity (Wildman–Crippen MR) is 84.9 cm³/mol. The summed E-state index contributed by atoms with van der Waals surface area (Å²) in [6.07, 6.45) is 0.188. The first-order valence-electron chi connectivity index (χ1n) is 7.53. The normalized spacial score (nSPS) is 18.2. The van der Waals surface area contributed by atoms with Gasteiger partial charge in [0.05, 0.1) is 11.3 Å². The summed E-state index contributed by atoms with van der Waals surface area (Å²) in [6, 6.07) is 5.03. The van der Waals surface area contributed by atoms with Crippen molar-refractivity contribution >= 4 is 17.5 Å². The minimum absolute atomic E-state index is 0.0843. The second-order valence-electron chi connectivity index (χ2n) is 5.97. The van der Waals surface area contributed by atoms with Crippen LogP contribution in [0.5, 0.6) is 5.75 Å². The Morgan fingerprint density at radius 2 is 2.18 bits per heavy atom. The Morgan fingerprint density at radius 1 is 1.45 bits per heavy atom. The maximum atomic E-state index is 12.5. The number of para-hydroxylation sites is 1. The molecule has 0 spiro atoms. The van der Waals surface area contributed by atoms with Crippen molar-refractivity contribution in [1.29, 1.82) is 0 Å². The lowest BCUT2D eigenvalue weighted by Gasteiger charge is -2.26. The van der Waals surface area contributed by atoms with E-state index in [-0.39, 0.29) is 17.9 Å². The summed E-state index contributed by atoms with van der Waals surface area (Å²) in [6.45, 7) is 6.19. The summed E-state index contributed by atoms with van der Waals surface area (Å²) in [4.78, 5) is 24.1. The molecule has 0 radical (unpaired) electrons. The van der Waals surface area contributed by atoms with Crippen LogP contribution in [-0.4, -0.2) is 30.5 Å². The standard InChI is InChI=1S/C16H23N3O3/c1-9(2)7-11(8-17)18-16(21)12-5-4-6-13-14(12)22-10(3)15(20)19-13/h4-6,9-11H,7-8,17H2,1-3H3,(H,18,21)(H,19,20). The second kappa shape index (κ2) is 6.79. The van der Waals surface area contributed by atoms with Gasteiger partial charge in [0, 0.05) is 12.6 Å². The number of carbonyl (C=O) groups excluding carboxylic acids is 2. The molecule has 0 saturated heterocycles. The topological polar surface area (TPSA) is 93.4 Å². The number of fused-ring (bicyclic) bond motifs is 1. The molecule has 6 heteroatoms. The van der Waals surface area contributed by atoms with Crippen LogP contribution in [0.1, 0.15) is 37.6 Å². The third-order valence-electron chi connectivity index (χ3n) is 3.56. The maximum Gasteiger partial charge on any atom is 0.265 e. The van der Waals surface area contributed by atoms with E-state index in [1.807, 2.05) is 0 Å². The van der Waals surface area contributed by atoms with Crippen LogP contribution in [0.25, 0.3) is 0 Å². The molecule has 1 aliphatic rings. The van der Waals surface area contributed by atoms with Crippen molar-refractivity contribution in [1.82, 2.24) is 5.32 Å². The number of ether oxygens (including phenoxy) is 1. The zero-order valence-corrected chi connectivity index (χ0v) is 13.2. The maximum absolute atomic E-state index is 12.5. The van der Waals surface area contributed by atoms with Gasteiger partial charge >= 0.3 is 0 Å². The van der Waals surface area contributed by atoms with Crippen LogP contribution in [-0.2, 0) is 4.79 Å². The average molecular weight is 305 g/mol. The van der Waals surface area contributed by atoms with E-state index in [0.717, 1.165) is 6.42 Å². The smallest absolute Gasteiger partial charge is 0.265 e. The Balaban J connectivity index is 2.20. The summed E-state index contributed by atoms with van der Waals surface area (Å²) >= 11 is 0. The largest absolute Gasteiger partial charge is 0.478 e. The number of nitrogens with two attached hydrogens (primary N) is 1. The molecule has 120 valence electrons. The van der Waals surface area contributed by atoms with Gasteiger partial charge in [-0.2, -0.15) is 0 Å². The van der Waals surface area contributed by atoms with E-state index in [1.165, 1.54) is 0 Å². The monoisotopic (exact) mass is 305 g/mol. The lowest BCUT2D eigenvalue weighted by Crippen LogP contribution is -2.42. The second-order valence-corrected chi connectivity index (χ2v) is 5.97. The van der Waals surface area contributed by atoms with Gasteiger partial charge in [-0.25, -0.2) is 0 Å². The molecular weight excluding hydrogens is 282 g/mol. The van der Waals surface area contributed by atoms with Crippen molar-refractivity contribution in [2.75, 3.05) is 11.9 Å². The van der Waals surface area contributed by atoms with E-state index in [1.54, 1.807) is 25.1 Å². The number of hydrogen-bond acceptors (Lipinski definition) is 4. The van der Waals surface area contributed by atoms with E-state index in [0.29, 0.717) is 29.5 Å². The molecule has 2 rings (SSSR count). The first-order chi connectivity index (χ1) is 10.4. The van der Waals surface area contributed by atoms with Crippen LogP contribution in [0.3, 0.4) is 0 Å². The fourth-order valence-electron chi connectivity index (χ4n) is 2.45. The predicted octanol–water partition coefficient (Wildman–Crippen LogP) is 1.51. The average Bonchev–Trinajstić information content (AvgIpc) is 2.46. The van der Waals surface area contributed by atoms with E-state index in [4.69, 9.17) is 10.5 Å². The van der Waals surface area contributed by atoms with Gasteiger partial charge in [0.25, 0.3) is 11.8 Å². The number of rotatable bonds is 5. The fourth-order valence-corrected chi connectivity index (χ4v) is 2.45. The van der Waals surface area contributed by atoms with Gasteiger partial charge in [0.15, 0.2) is 11.9 Å². The molecule has 1 aliphatic heterocycles. The minimum Gasteiger partial charge on any atom is -0.478 e. The highest BCUT2D eigenvalue weighted by Gasteiger charge is 2.28. The molecule has 1 aromatic carbocycles. The van der Waals surface area contributed by atoms with E-state index in [9.17, 15) is 9.59 Å². The van der Waals surface area contributed by atoms with Crippen LogP contribution in [0.2, 0.25) is 0 Å². The Labute approximate surface area is 130 Å². The quantitative estimate of drug-likeness (QED) is 0.768. The van der Waals surface area contributed by atoms with Crippen LogP contribution >= 0.6 is 0 Å². The van der Waals surface area contributed by atoms with E-state index < -0.39 is 6.10 Å². The van der Waals surface area contributed by atoms with E-state index >= 15 is 0 Å². The number of amides is 2. The molecule has 0 fully saturated rings. The molecule has 2 unspecified atom stereocenters. The first-order valence-corrected chi connectivity index (χ1v) is 7.53. The van der Waals surface area contributed by atoms with Gasteiger partial charge < -0.3 is 21.1 Å². The molecule has 1 aromatic rings. The van der Waals surface area contributed by atoms with Crippen LogP contribution in [0.4, 0.5) is 5.69 Å². The van der Waals surface area contributed by atoms with Gasteiger partial charge in [0.1, 0.15) is 0 Å². The highest BCUT2D eigenvalue weighted by molar-refractivity contribution is 6.04. The van der Waals surface area contributed by atoms with Crippen molar-refractivity contribution < 1.29 is 14.3 Å². The Kier molecular flexibility index (Phi) is 5.03. The van der Waals surface area contributed by atoms with Crippen LogP contribution in [0, 0.1) is 5.92 Å². The molecule has 4 N–H and O–H groups in total. The zero-order valence-electron chi connectivity index (χ0n) is 13.2. The van der Waals surface area contributed by atoms with Gasteiger partial charge in [-0.15, -0.1) is 0 Å². The zero-order chi connectivity index (χ0) is 16.3. The Hall–Kier alpha value is -2.08. The highest BCUT2D eigenvalue weighted by Crippen LogP contribution is 2.33. The summed E-state index contributed by atoms with van der Waals surface area (Å²) in [5.41, 5.74) is 6.65. The highest BCUT2D eigenvalue weighted by atomic mass is 16.5. The molecule has 2 atom stereocenters. The van der Waals surface area contributed by atoms with Crippen molar-refractivity contribution in [3.8, 4) is 5.75 Å². The number of hydrogen-bond donors (Lipinski definition) is 3. The molecule has 1 heterocycles. The lowest BCUT2D eigenvalue weighted by molar-refractivity contribution is -0.122. The van der Waals surface area contributed by atoms with Crippen molar-refractivity contribution in [2.24, 2.45) is 11.7 Å². The summed E-state index contributed by atoms with van der Waals surface area (Å²) < 4.78 is 5.59. The van der Waals surface area contributed by atoms with Crippen molar-refractivity contribution in [3.05, 3.63) is 23.8 Å². The van der Waals surface area contributed by atoms with Gasteiger partial charge in [-0.3, -0.25) is 9.59 Å². The summed E-state index contributed by atoms with van der Waals surface area (Å²) in [5, 5.41) is 5.67. The molecule has 22 heavy (non-hydrogen) atoms. The summed E-state index contributed by atoms with van der Waals surface area (Å²) in [5.74, 6) is 0.391. The van der Waals surface area contributed by atoms with Gasteiger partial charge in [-0.1, -0.05) is 19.9 Å².